The number of aromatic nitrogens is 3. The van der Waals surface area contributed by atoms with Gasteiger partial charge in [-0.2, -0.15) is 0 Å². The Balaban J connectivity index is 1.34. The second kappa shape index (κ2) is 8.56. The summed E-state index contributed by atoms with van der Waals surface area (Å²) < 4.78 is 15.2. The van der Waals surface area contributed by atoms with E-state index in [0.29, 0.717) is 0 Å². The number of benzene rings is 2. The minimum atomic E-state index is -1.12. The van der Waals surface area contributed by atoms with E-state index in [0.717, 1.165) is 4.90 Å². The highest BCUT2D eigenvalue weighted by Crippen LogP contribution is 2.32. The molecule has 0 saturated carbocycles. The molecule has 0 spiro atoms. The zero-order valence-electron chi connectivity index (χ0n) is 18.0. The summed E-state index contributed by atoms with van der Waals surface area (Å²) in [6.07, 6.45) is 1.43. The molecule has 0 radical (unpaired) electrons. The van der Waals surface area contributed by atoms with E-state index >= 15 is 0 Å². The number of carbonyl (C=O) groups is 5. The third-order valence-corrected chi connectivity index (χ3v) is 5.74. The van der Waals surface area contributed by atoms with Gasteiger partial charge in [0.05, 0.1) is 23.0 Å². The van der Waals surface area contributed by atoms with Gasteiger partial charge in [0.25, 0.3) is 11.8 Å². The molecular weight excluding hydrogens is 459 g/mol. The van der Waals surface area contributed by atoms with Crippen molar-refractivity contribution in [3.8, 4) is 11.3 Å². The zero-order valence-corrected chi connectivity index (χ0v) is 18.0. The molecule has 3 aromatic rings. The van der Waals surface area contributed by atoms with Crippen molar-refractivity contribution in [3.05, 3.63) is 65.6 Å². The van der Waals surface area contributed by atoms with Crippen LogP contribution in [0, 0.1) is 5.82 Å². The van der Waals surface area contributed by atoms with Gasteiger partial charge in [0.1, 0.15) is 24.1 Å². The van der Waals surface area contributed by atoms with Crippen molar-refractivity contribution in [3.63, 3.8) is 0 Å². The van der Waals surface area contributed by atoms with Crippen LogP contribution in [0.2, 0.25) is 0 Å². The molecule has 5 rings (SSSR count). The van der Waals surface area contributed by atoms with Gasteiger partial charge in [0.15, 0.2) is 0 Å². The summed E-state index contributed by atoms with van der Waals surface area (Å²) in [6.45, 7) is -0.288. The smallest absolute Gasteiger partial charge is 0.264 e. The lowest BCUT2D eigenvalue weighted by atomic mass is 10.0. The lowest BCUT2D eigenvalue weighted by Gasteiger charge is -2.27. The van der Waals surface area contributed by atoms with E-state index in [1.807, 2.05) is 0 Å². The standard InChI is InChI=1S/C23H17FN6O5/c24-14-6-2-1-4-12(14)16-10-29(28-27-16)11-19(32)25-15-7-3-5-13-20(15)23(35)30(22(13)34)17-8-9-18(31)26-21(17)33/h1-7,10,17H,8-9,11H2,(H,25,32)(H,26,31,33). The average Bonchev–Trinajstić information content (AvgIpc) is 3.37. The fraction of sp³-hybridized carbons (Fsp3) is 0.174. The number of nitrogens with one attached hydrogen (secondary N) is 2. The van der Waals surface area contributed by atoms with Crippen LogP contribution in [0.1, 0.15) is 33.6 Å². The molecule has 1 unspecified atom stereocenters. The highest BCUT2D eigenvalue weighted by atomic mass is 19.1. The molecular formula is C23H17FN6O5. The molecule has 1 atom stereocenters. The maximum Gasteiger partial charge on any atom is 0.264 e. The van der Waals surface area contributed by atoms with Gasteiger partial charge in [-0.3, -0.25) is 34.2 Å². The van der Waals surface area contributed by atoms with Crippen molar-refractivity contribution in [2.45, 2.75) is 25.4 Å². The Morgan fingerprint density at radius 2 is 1.83 bits per heavy atom. The molecule has 3 heterocycles. The molecule has 0 bridgehead atoms. The van der Waals surface area contributed by atoms with Gasteiger partial charge in [-0.05, 0) is 30.7 Å². The number of amides is 5. The molecule has 1 saturated heterocycles. The van der Waals surface area contributed by atoms with E-state index in [1.165, 1.54) is 41.2 Å². The maximum absolute atomic E-state index is 14.0. The van der Waals surface area contributed by atoms with Gasteiger partial charge >= 0.3 is 0 Å². The molecule has 12 heteroatoms. The number of hydrogen-bond donors (Lipinski definition) is 2. The van der Waals surface area contributed by atoms with Crippen LogP contribution in [0.4, 0.5) is 10.1 Å². The monoisotopic (exact) mass is 476 g/mol. The van der Waals surface area contributed by atoms with Crippen molar-refractivity contribution in [1.29, 1.82) is 0 Å². The predicted molar refractivity (Wildman–Crippen MR) is 117 cm³/mol. The second-order valence-electron chi connectivity index (χ2n) is 8.00. The molecule has 0 aliphatic carbocycles. The van der Waals surface area contributed by atoms with Gasteiger partial charge in [-0.15, -0.1) is 5.10 Å². The van der Waals surface area contributed by atoms with Gasteiger partial charge in [0, 0.05) is 12.0 Å². The first-order chi connectivity index (χ1) is 16.8. The Labute approximate surface area is 196 Å². The van der Waals surface area contributed by atoms with Crippen LogP contribution >= 0.6 is 0 Å². The molecule has 176 valence electrons. The Morgan fingerprint density at radius 3 is 2.60 bits per heavy atom. The molecule has 1 fully saturated rings. The van der Waals surface area contributed by atoms with E-state index in [2.05, 4.69) is 20.9 Å². The number of carbonyl (C=O) groups excluding carboxylic acids is 5. The summed E-state index contributed by atoms with van der Waals surface area (Å²) in [4.78, 5) is 63.2. The van der Waals surface area contributed by atoms with Gasteiger partial charge in [0.2, 0.25) is 17.7 Å². The number of nitrogens with zero attached hydrogens (tertiary/aromatic N) is 4. The van der Waals surface area contributed by atoms with Crippen LogP contribution in [-0.4, -0.2) is 55.5 Å². The summed E-state index contributed by atoms with van der Waals surface area (Å²) in [5, 5.41) is 12.4. The Kier molecular flexibility index (Phi) is 5.40. The second-order valence-corrected chi connectivity index (χ2v) is 8.00. The number of hydrogen-bond acceptors (Lipinski definition) is 7. The van der Waals surface area contributed by atoms with Gasteiger partial charge < -0.3 is 5.32 Å². The quantitative estimate of drug-likeness (QED) is 0.525. The van der Waals surface area contributed by atoms with Gasteiger partial charge in [-0.1, -0.05) is 23.4 Å². The normalized spacial score (nSPS) is 17.4. The summed E-state index contributed by atoms with van der Waals surface area (Å²) in [5.74, 6) is -3.66. The largest absolute Gasteiger partial charge is 0.324 e. The zero-order chi connectivity index (χ0) is 24.7. The molecule has 1 aromatic heterocycles. The number of anilines is 1. The third-order valence-electron chi connectivity index (χ3n) is 5.74. The Bertz CT molecular complexity index is 1420. The lowest BCUT2D eigenvalue weighted by Crippen LogP contribution is -2.54. The number of halogens is 1. The molecule has 5 amide bonds. The average molecular weight is 476 g/mol. The molecule has 35 heavy (non-hydrogen) atoms. The molecule has 2 aromatic carbocycles. The first kappa shape index (κ1) is 22.1. The minimum Gasteiger partial charge on any atom is -0.324 e. The van der Waals surface area contributed by atoms with Crippen molar-refractivity contribution < 1.29 is 28.4 Å². The summed E-state index contributed by atoms with van der Waals surface area (Å²) in [5.41, 5.74) is 0.575. The van der Waals surface area contributed by atoms with E-state index in [-0.39, 0.29) is 47.5 Å². The van der Waals surface area contributed by atoms with E-state index in [4.69, 9.17) is 0 Å². The topological polar surface area (TPSA) is 143 Å². The van der Waals surface area contributed by atoms with Crippen molar-refractivity contribution >= 4 is 35.2 Å². The minimum absolute atomic E-state index is 0.000178. The molecule has 11 nitrogen and oxygen atoms in total. The van der Waals surface area contributed by atoms with Gasteiger partial charge in [-0.25, -0.2) is 9.07 Å². The lowest BCUT2D eigenvalue weighted by molar-refractivity contribution is -0.136. The molecule has 2 aliphatic rings. The summed E-state index contributed by atoms with van der Waals surface area (Å²) in [7, 11) is 0. The van der Waals surface area contributed by atoms with E-state index < -0.39 is 41.4 Å². The highest BCUT2D eigenvalue weighted by Gasteiger charge is 2.45. The van der Waals surface area contributed by atoms with Crippen LogP contribution < -0.4 is 10.6 Å². The highest BCUT2D eigenvalue weighted by molar-refractivity contribution is 6.26. The number of piperidine rings is 1. The third kappa shape index (κ3) is 3.94. The van der Waals surface area contributed by atoms with Crippen LogP contribution in [0.25, 0.3) is 11.3 Å². The van der Waals surface area contributed by atoms with Crippen LogP contribution in [-0.2, 0) is 20.9 Å². The number of rotatable bonds is 5. The van der Waals surface area contributed by atoms with Crippen LogP contribution in [0.3, 0.4) is 0 Å². The summed E-state index contributed by atoms with van der Waals surface area (Å²) >= 11 is 0. The Hall–Kier alpha value is -4.74. The van der Waals surface area contributed by atoms with Crippen LogP contribution in [0.5, 0.6) is 0 Å². The predicted octanol–water partition coefficient (Wildman–Crippen LogP) is 1.12. The number of imide groups is 2. The van der Waals surface area contributed by atoms with Crippen molar-refractivity contribution in [1.82, 2.24) is 25.2 Å². The van der Waals surface area contributed by atoms with Crippen molar-refractivity contribution in [2.24, 2.45) is 0 Å². The Morgan fingerprint density at radius 1 is 1.06 bits per heavy atom. The fourth-order valence-electron chi connectivity index (χ4n) is 4.12. The number of fused-ring (bicyclic) bond motifs is 1. The molecule has 2 N–H and O–H groups in total. The van der Waals surface area contributed by atoms with E-state index in [1.54, 1.807) is 12.1 Å². The van der Waals surface area contributed by atoms with Crippen LogP contribution in [0.15, 0.2) is 48.7 Å². The first-order valence-electron chi connectivity index (χ1n) is 10.6. The summed E-state index contributed by atoms with van der Waals surface area (Å²) in [6, 6.07) is 9.28. The molecule has 2 aliphatic heterocycles. The first-order valence-corrected chi connectivity index (χ1v) is 10.6. The van der Waals surface area contributed by atoms with Crippen molar-refractivity contribution in [2.75, 3.05) is 5.32 Å². The fourth-order valence-corrected chi connectivity index (χ4v) is 4.12. The maximum atomic E-state index is 14.0. The van der Waals surface area contributed by atoms with E-state index in [9.17, 15) is 28.4 Å². The SMILES string of the molecule is O=C1CCC(N2C(=O)c3cccc(NC(=O)Cn4cc(-c5ccccc5F)nn4)c3C2=O)C(=O)N1.